The Kier molecular flexibility index (Phi) is 6.87. The van der Waals surface area contributed by atoms with Crippen molar-refractivity contribution in [3.8, 4) is 0 Å². The SMILES string of the molecule is Cc1cc(N2COCCS2(=O)=O)ccc1C(=O)Nc1ccc(Cl)c(NC(=O)c2ccccc2)c1. The molecule has 1 aliphatic heterocycles. The highest BCUT2D eigenvalue weighted by Crippen LogP contribution is 2.28. The average molecular weight is 500 g/mol. The number of nitrogens with one attached hydrogen (secondary N) is 2. The number of benzene rings is 3. The molecule has 8 nitrogen and oxygen atoms in total. The van der Waals surface area contributed by atoms with Crippen LogP contribution in [0.3, 0.4) is 0 Å². The van der Waals surface area contributed by atoms with E-state index in [1.807, 2.05) is 6.07 Å². The number of rotatable bonds is 5. The summed E-state index contributed by atoms with van der Waals surface area (Å²) in [4.78, 5) is 25.4. The predicted octanol–water partition coefficient (Wildman–Crippen LogP) is 4.28. The molecule has 1 fully saturated rings. The van der Waals surface area contributed by atoms with Crippen LogP contribution in [-0.4, -0.2) is 39.3 Å². The third kappa shape index (κ3) is 5.22. The second kappa shape index (κ2) is 9.84. The minimum Gasteiger partial charge on any atom is -0.359 e. The monoisotopic (exact) mass is 499 g/mol. The molecule has 3 aromatic carbocycles. The van der Waals surface area contributed by atoms with Crippen LogP contribution in [0.25, 0.3) is 0 Å². The van der Waals surface area contributed by atoms with E-state index in [9.17, 15) is 18.0 Å². The molecule has 0 aliphatic carbocycles. The van der Waals surface area contributed by atoms with Crippen molar-refractivity contribution in [2.45, 2.75) is 6.92 Å². The Hall–Kier alpha value is -3.40. The molecule has 2 N–H and O–H groups in total. The largest absolute Gasteiger partial charge is 0.359 e. The molecule has 0 radical (unpaired) electrons. The van der Waals surface area contributed by atoms with Crippen LogP contribution in [0, 0.1) is 6.92 Å². The van der Waals surface area contributed by atoms with E-state index in [0.717, 1.165) is 0 Å². The molecular weight excluding hydrogens is 478 g/mol. The van der Waals surface area contributed by atoms with Gasteiger partial charge < -0.3 is 15.4 Å². The van der Waals surface area contributed by atoms with Crippen LogP contribution < -0.4 is 14.9 Å². The lowest BCUT2D eigenvalue weighted by atomic mass is 10.1. The van der Waals surface area contributed by atoms with Crippen LogP contribution in [0.1, 0.15) is 26.3 Å². The standard InChI is InChI=1S/C24H22ClN3O5S/c1-16-13-19(28-15-33-11-12-34(28,31)32)8-9-20(16)24(30)26-18-7-10-21(25)22(14-18)27-23(29)17-5-3-2-4-6-17/h2-10,13-14H,11-12,15H2,1H3,(H,26,30)(H,27,29). The molecular formula is C24H22ClN3O5S. The summed E-state index contributed by atoms with van der Waals surface area (Å²) in [6, 6.07) is 18.2. The van der Waals surface area contributed by atoms with Gasteiger partial charge in [0.25, 0.3) is 11.8 Å². The maximum absolute atomic E-state index is 12.9. The molecule has 4 rings (SSSR count). The number of hydrogen-bond acceptors (Lipinski definition) is 5. The zero-order valence-corrected chi connectivity index (χ0v) is 19.8. The van der Waals surface area contributed by atoms with Gasteiger partial charge in [-0.1, -0.05) is 29.8 Å². The molecule has 176 valence electrons. The van der Waals surface area contributed by atoms with Crippen molar-refractivity contribution < 1.29 is 22.7 Å². The summed E-state index contributed by atoms with van der Waals surface area (Å²) in [7, 11) is -3.45. The fourth-order valence-electron chi connectivity index (χ4n) is 3.48. The highest BCUT2D eigenvalue weighted by atomic mass is 35.5. The van der Waals surface area contributed by atoms with Gasteiger partial charge in [-0.25, -0.2) is 12.7 Å². The van der Waals surface area contributed by atoms with Gasteiger partial charge in [0.2, 0.25) is 10.0 Å². The maximum atomic E-state index is 12.9. The first-order chi connectivity index (χ1) is 16.2. The summed E-state index contributed by atoms with van der Waals surface area (Å²) in [5.41, 5.74) is 2.69. The molecule has 3 aromatic rings. The van der Waals surface area contributed by atoms with Gasteiger partial charge >= 0.3 is 0 Å². The molecule has 0 aromatic heterocycles. The molecule has 0 unspecified atom stereocenters. The number of halogens is 1. The quantitative estimate of drug-likeness (QED) is 0.545. The second-order valence-corrected chi connectivity index (χ2v) is 10.1. The van der Waals surface area contributed by atoms with Crippen molar-refractivity contribution in [3.05, 3.63) is 88.4 Å². The highest BCUT2D eigenvalue weighted by Gasteiger charge is 2.27. The van der Waals surface area contributed by atoms with E-state index in [-0.39, 0.29) is 30.9 Å². The molecule has 0 saturated carbocycles. The Balaban J connectivity index is 1.50. The lowest BCUT2D eigenvalue weighted by Gasteiger charge is -2.28. The van der Waals surface area contributed by atoms with Gasteiger partial charge in [-0.2, -0.15) is 0 Å². The number of carbonyl (C=O) groups excluding carboxylic acids is 2. The van der Waals surface area contributed by atoms with Crippen molar-refractivity contribution in [1.29, 1.82) is 0 Å². The molecule has 1 aliphatic rings. The number of carbonyl (C=O) groups is 2. The fraction of sp³-hybridized carbons (Fsp3) is 0.167. The topological polar surface area (TPSA) is 105 Å². The van der Waals surface area contributed by atoms with E-state index in [1.165, 1.54) is 4.31 Å². The summed E-state index contributed by atoms with van der Waals surface area (Å²) < 4.78 is 31.1. The van der Waals surface area contributed by atoms with Crippen LogP contribution in [0.15, 0.2) is 66.7 Å². The van der Waals surface area contributed by atoms with E-state index < -0.39 is 10.0 Å². The van der Waals surface area contributed by atoms with Gasteiger partial charge in [-0.3, -0.25) is 9.59 Å². The minimum absolute atomic E-state index is 0.0600. The Bertz CT molecular complexity index is 1350. The maximum Gasteiger partial charge on any atom is 0.255 e. The van der Waals surface area contributed by atoms with Gasteiger partial charge in [0.1, 0.15) is 6.73 Å². The number of hydrogen-bond donors (Lipinski definition) is 2. The second-order valence-electron chi connectivity index (χ2n) is 7.67. The molecule has 1 saturated heterocycles. The fourth-order valence-corrected chi connectivity index (χ4v) is 4.86. The zero-order chi connectivity index (χ0) is 24.3. The molecule has 34 heavy (non-hydrogen) atoms. The van der Waals surface area contributed by atoms with Crippen molar-refractivity contribution in [2.75, 3.05) is 34.0 Å². The lowest BCUT2D eigenvalue weighted by Crippen LogP contribution is -2.41. The first kappa shape index (κ1) is 23.7. The van der Waals surface area contributed by atoms with E-state index >= 15 is 0 Å². The van der Waals surface area contributed by atoms with Gasteiger partial charge in [0.05, 0.1) is 28.8 Å². The molecule has 0 spiro atoms. The first-order valence-electron chi connectivity index (χ1n) is 10.4. The van der Waals surface area contributed by atoms with Crippen LogP contribution in [-0.2, 0) is 14.8 Å². The van der Waals surface area contributed by atoms with Gasteiger partial charge in [-0.05, 0) is 61.0 Å². The Morgan fingerprint density at radius 3 is 2.44 bits per heavy atom. The van der Waals surface area contributed by atoms with Crippen molar-refractivity contribution in [2.24, 2.45) is 0 Å². The van der Waals surface area contributed by atoms with E-state index in [0.29, 0.717) is 38.8 Å². The third-order valence-corrected chi connectivity index (χ3v) is 7.28. The molecule has 0 atom stereocenters. The summed E-state index contributed by atoms with van der Waals surface area (Å²) in [6.07, 6.45) is 0. The zero-order valence-electron chi connectivity index (χ0n) is 18.2. The van der Waals surface area contributed by atoms with Crippen LogP contribution in [0.4, 0.5) is 17.1 Å². The van der Waals surface area contributed by atoms with Crippen LogP contribution in [0.5, 0.6) is 0 Å². The first-order valence-corrected chi connectivity index (χ1v) is 12.4. The van der Waals surface area contributed by atoms with Crippen molar-refractivity contribution >= 4 is 50.5 Å². The third-order valence-electron chi connectivity index (χ3n) is 5.28. The van der Waals surface area contributed by atoms with Crippen LogP contribution >= 0.6 is 11.6 Å². The number of nitrogens with zero attached hydrogens (tertiary/aromatic N) is 1. The number of aryl methyl sites for hydroxylation is 1. The van der Waals surface area contributed by atoms with Gasteiger partial charge in [-0.15, -0.1) is 0 Å². The summed E-state index contributed by atoms with van der Waals surface area (Å²) in [6.45, 7) is 1.83. The van der Waals surface area contributed by atoms with E-state index in [4.69, 9.17) is 16.3 Å². The number of anilines is 3. The molecule has 10 heteroatoms. The minimum atomic E-state index is -3.45. The lowest BCUT2D eigenvalue weighted by molar-refractivity contribution is 0.101. The summed E-state index contributed by atoms with van der Waals surface area (Å²) in [5, 5.41) is 5.86. The normalized spacial score (nSPS) is 14.9. The van der Waals surface area contributed by atoms with Crippen molar-refractivity contribution in [1.82, 2.24) is 0 Å². The van der Waals surface area contributed by atoms with Crippen LogP contribution in [0.2, 0.25) is 5.02 Å². The Morgan fingerprint density at radius 1 is 0.971 bits per heavy atom. The highest BCUT2D eigenvalue weighted by molar-refractivity contribution is 7.92. The molecule has 1 heterocycles. The Morgan fingerprint density at radius 2 is 1.74 bits per heavy atom. The average Bonchev–Trinajstić information content (AvgIpc) is 2.81. The summed E-state index contributed by atoms with van der Waals surface area (Å²) >= 11 is 6.23. The van der Waals surface area contributed by atoms with Gasteiger partial charge in [0, 0.05) is 16.8 Å². The summed E-state index contributed by atoms with van der Waals surface area (Å²) in [5.74, 6) is -0.799. The Labute approximate surface area is 202 Å². The van der Waals surface area contributed by atoms with Crippen molar-refractivity contribution in [3.63, 3.8) is 0 Å². The molecule has 0 bridgehead atoms. The predicted molar refractivity (Wildman–Crippen MR) is 132 cm³/mol. The number of sulfonamides is 1. The molecule has 2 amide bonds. The van der Waals surface area contributed by atoms with E-state index in [2.05, 4.69) is 10.6 Å². The van der Waals surface area contributed by atoms with Gasteiger partial charge in [0.15, 0.2) is 0 Å². The van der Waals surface area contributed by atoms with E-state index in [1.54, 1.807) is 67.6 Å². The number of ether oxygens (including phenoxy) is 1. The number of amides is 2. The smallest absolute Gasteiger partial charge is 0.255 e.